The van der Waals surface area contributed by atoms with E-state index in [1.165, 1.54) is 38.5 Å². The molecule has 1 aromatic carbocycles. The molecule has 1 aromatic rings. The summed E-state index contributed by atoms with van der Waals surface area (Å²) in [6, 6.07) is 3.16. The molecule has 1 aliphatic carbocycles. The van der Waals surface area contributed by atoms with Crippen LogP contribution in [0.3, 0.4) is 0 Å². The number of allylic oxidation sites excluding steroid dienone is 1. The molecule has 0 aromatic heterocycles. The molecule has 0 unspecified atom stereocenters. The summed E-state index contributed by atoms with van der Waals surface area (Å²) in [5, 5.41) is 0. The van der Waals surface area contributed by atoms with Crippen LogP contribution in [0.2, 0.25) is 0 Å². The van der Waals surface area contributed by atoms with Gasteiger partial charge in [0.1, 0.15) is 0 Å². The molecule has 1 saturated carbocycles. The molecule has 0 N–H and O–H groups in total. The van der Waals surface area contributed by atoms with Crippen molar-refractivity contribution in [1.82, 2.24) is 0 Å². The van der Waals surface area contributed by atoms with Gasteiger partial charge in [-0.25, -0.2) is 4.39 Å². The van der Waals surface area contributed by atoms with E-state index in [2.05, 4.69) is 13.0 Å². The summed E-state index contributed by atoms with van der Waals surface area (Å²) in [6.07, 6.45) is 15.8. The number of hydrogen-bond donors (Lipinski definition) is 0. The van der Waals surface area contributed by atoms with Crippen LogP contribution in [0, 0.1) is 23.5 Å². The van der Waals surface area contributed by atoms with Crippen molar-refractivity contribution >= 4 is 6.08 Å². The lowest BCUT2D eigenvalue weighted by Gasteiger charge is -2.26. The Bertz CT molecular complexity index is 560. The predicted molar refractivity (Wildman–Crippen MR) is 105 cm³/mol. The molecule has 1 fully saturated rings. The molecule has 0 heterocycles. The standard InChI is InChI=1S/C23H34F2O/c1-3-5-7-8-18-9-11-19(12-10-18)13-14-20-15-16-21(23(25)22(20)24)26-17-6-4-2/h13-16,18-19H,3-12,17H2,1-2H3/b14-13-. The summed E-state index contributed by atoms with van der Waals surface area (Å²) in [6.45, 7) is 4.70. The van der Waals surface area contributed by atoms with Gasteiger partial charge in [0.2, 0.25) is 5.82 Å². The first kappa shape index (κ1) is 20.9. The summed E-state index contributed by atoms with van der Waals surface area (Å²) in [7, 11) is 0. The van der Waals surface area contributed by atoms with Gasteiger partial charge in [0.25, 0.3) is 0 Å². The number of ether oxygens (including phenoxy) is 1. The predicted octanol–water partition coefficient (Wildman–Crippen LogP) is 7.54. The third kappa shape index (κ3) is 6.41. The van der Waals surface area contributed by atoms with Crippen LogP contribution in [0.25, 0.3) is 6.08 Å². The fourth-order valence-corrected chi connectivity index (χ4v) is 3.71. The molecule has 1 aliphatic rings. The molecule has 0 saturated heterocycles. The maximum Gasteiger partial charge on any atom is 0.201 e. The van der Waals surface area contributed by atoms with Crippen LogP contribution < -0.4 is 4.74 Å². The second-order valence-corrected chi connectivity index (χ2v) is 7.62. The Kier molecular flexibility index (Phi) is 9.14. The molecule has 2 rings (SSSR count). The van der Waals surface area contributed by atoms with Crippen molar-refractivity contribution in [3.05, 3.63) is 35.4 Å². The van der Waals surface area contributed by atoms with Crippen LogP contribution in [0.15, 0.2) is 18.2 Å². The first-order valence-electron chi connectivity index (χ1n) is 10.4. The quantitative estimate of drug-likeness (QED) is 0.390. The van der Waals surface area contributed by atoms with Gasteiger partial charge in [-0.3, -0.25) is 0 Å². The van der Waals surface area contributed by atoms with Gasteiger partial charge in [-0.15, -0.1) is 0 Å². The summed E-state index contributed by atoms with van der Waals surface area (Å²) in [5.74, 6) is -0.313. The minimum Gasteiger partial charge on any atom is -0.490 e. The van der Waals surface area contributed by atoms with E-state index in [0.717, 1.165) is 31.6 Å². The SMILES string of the molecule is CCCCCC1CCC(/C=C\c2ccc(OCCCC)c(F)c2F)CC1. The molecular formula is C23H34F2O. The average Bonchev–Trinajstić information content (AvgIpc) is 2.66. The fourth-order valence-electron chi connectivity index (χ4n) is 3.71. The monoisotopic (exact) mass is 364 g/mol. The Morgan fingerprint density at radius 1 is 0.962 bits per heavy atom. The van der Waals surface area contributed by atoms with Gasteiger partial charge in [-0.2, -0.15) is 4.39 Å². The van der Waals surface area contributed by atoms with Crippen LogP contribution in [-0.4, -0.2) is 6.61 Å². The van der Waals surface area contributed by atoms with Crippen molar-refractivity contribution in [3.8, 4) is 5.75 Å². The summed E-state index contributed by atoms with van der Waals surface area (Å²) in [5.41, 5.74) is 0.315. The number of benzene rings is 1. The van der Waals surface area contributed by atoms with Crippen molar-refractivity contribution in [3.63, 3.8) is 0 Å². The topological polar surface area (TPSA) is 9.23 Å². The zero-order valence-corrected chi connectivity index (χ0v) is 16.4. The Labute approximate surface area is 157 Å². The van der Waals surface area contributed by atoms with Crippen molar-refractivity contribution in [2.45, 2.75) is 78.1 Å². The highest BCUT2D eigenvalue weighted by Crippen LogP contribution is 2.33. The minimum absolute atomic E-state index is 0.0145. The van der Waals surface area contributed by atoms with Gasteiger partial charge in [0.05, 0.1) is 6.61 Å². The van der Waals surface area contributed by atoms with Crippen molar-refractivity contribution in [1.29, 1.82) is 0 Å². The third-order valence-corrected chi connectivity index (χ3v) is 5.49. The maximum absolute atomic E-state index is 14.3. The second-order valence-electron chi connectivity index (χ2n) is 7.62. The Morgan fingerprint density at radius 3 is 2.38 bits per heavy atom. The van der Waals surface area contributed by atoms with Gasteiger partial charge in [0, 0.05) is 5.56 Å². The second kappa shape index (κ2) is 11.4. The van der Waals surface area contributed by atoms with Gasteiger partial charge < -0.3 is 4.74 Å². The van der Waals surface area contributed by atoms with Gasteiger partial charge >= 0.3 is 0 Å². The molecular weight excluding hydrogens is 330 g/mol. The lowest BCUT2D eigenvalue weighted by molar-refractivity contribution is 0.288. The average molecular weight is 365 g/mol. The third-order valence-electron chi connectivity index (χ3n) is 5.49. The molecule has 0 amide bonds. The van der Waals surface area contributed by atoms with Crippen LogP contribution in [0.4, 0.5) is 8.78 Å². The number of rotatable bonds is 10. The highest BCUT2D eigenvalue weighted by molar-refractivity contribution is 5.52. The van der Waals surface area contributed by atoms with E-state index in [1.807, 2.05) is 6.92 Å². The Morgan fingerprint density at radius 2 is 1.69 bits per heavy atom. The zero-order valence-electron chi connectivity index (χ0n) is 16.4. The Hall–Kier alpha value is -1.38. The molecule has 0 atom stereocenters. The smallest absolute Gasteiger partial charge is 0.201 e. The summed E-state index contributed by atoms with van der Waals surface area (Å²) >= 11 is 0. The summed E-state index contributed by atoms with van der Waals surface area (Å²) in [4.78, 5) is 0. The largest absolute Gasteiger partial charge is 0.490 e. The van der Waals surface area contributed by atoms with Crippen LogP contribution >= 0.6 is 0 Å². The van der Waals surface area contributed by atoms with Crippen molar-refractivity contribution < 1.29 is 13.5 Å². The molecule has 146 valence electrons. The van der Waals surface area contributed by atoms with E-state index in [-0.39, 0.29) is 5.75 Å². The Balaban J connectivity index is 1.85. The first-order valence-corrected chi connectivity index (χ1v) is 10.4. The van der Waals surface area contributed by atoms with E-state index < -0.39 is 11.6 Å². The lowest BCUT2D eigenvalue weighted by Crippen LogP contribution is -2.13. The molecule has 0 spiro atoms. The number of unbranched alkanes of at least 4 members (excludes halogenated alkanes) is 3. The molecule has 0 bridgehead atoms. The first-order chi connectivity index (χ1) is 12.7. The molecule has 3 heteroatoms. The highest BCUT2D eigenvalue weighted by atomic mass is 19.2. The lowest BCUT2D eigenvalue weighted by atomic mass is 9.79. The fraction of sp³-hybridized carbons (Fsp3) is 0.652. The maximum atomic E-state index is 14.3. The molecule has 0 radical (unpaired) electrons. The number of halogens is 2. The van der Waals surface area contributed by atoms with Crippen molar-refractivity contribution in [2.75, 3.05) is 6.61 Å². The van der Waals surface area contributed by atoms with Crippen LogP contribution in [0.1, 0.15) is 83.6 Å². The van der Waals surface area contributed by atoms with E-state index in [4.69, 9.17) is 4.74 Å². The van der Waals surface area contributed by atoms with Crippen molar-refractivity contribution in [2.24, 2.45) is 11.8 Å². The van der Waals surface area contributed by atoms with E-state index in [9.17, 15) is 8.78 Å². The van der Waals surface area contributed by atoms with Crippen LogP contribution in [-0.2, 0) is 0 Å². The normalized spacial score (nSPS) is 20.6. The summed E-state index contributed by atoms with van der Waals surface area (Å²) < 4.78 is 33.7. The van der Waals surface area contributed by atoms with E-state index >= 15 is 0 Å². The van der Waals surface area contributed by atoms with Gasteiger partial charge in [0.15, 0.2) is 11.6 Å². The highest BCUT2D eigenvalue weighted by Gasteiger charge is 2.19. The minimum atomic E-state index is -0.872. The van der Waals surface area contributed by atoms with Crippen LogP contribution in [0.5, 0.6) is 5.75 Å². The molecule has 26 heavy (non-hydrogen) atoms. The number of hydrogen-bond acceptors (Lipinski definition) is 1. The van der Waals surface area contributed by atoms with Gasteiger partial charge in [-0.05, 0) is 56.1 Å². The van der Waals surface area contributed by atoms with E-state index in [1.54, 1.807) is 18.2 Å². The van der Waals surface area contributed by atoms with E-state index in [0.29, 0.717) is 18.1 Å². The zero-order chi connectivity index (χ0) is 18.8. The molecule has 0 aliphatic heterocycles. The molecule has 1 nitrogen and oxygen atoms in total. The van der Waals surface area contributed by atoms with Gasteiger partial charge in [-0.1, -0.05) is 58.1 Å².